The van der Waals surface area contributed by atoms with Crippen molar-refractivity contribution in [1.82, 2.24) is 0 Å². The van der Waals surface area contributed by atoms with Gasteiger partial charge in [-0.1, -0.05) is 19.8 Å². The summed E-state index contributed by atoms with van der Waals surface area (Å²) in [6.45, 7) is 5.85. The van der Waals surface area contributed by atoms with Gasteiger partial charge in [0.05, 0.1) is 0 Å². The van der Waals surface area contributed by atoms with Crippen LogP contribution in [-0.4, -0.2) is 23.1 Å². The van der Waals surface area contributed by atoms with Gasteiger partial charge >= 0.3 is 23.1 Å². The summed E-state index contributed by atoms with van der Waals surface area (Å²) in [7, 11) is 0. The van der Waals surface area contributed by atoms with E-state index in [4.69, 9.17) is 0 Å². The van der Waals surface area contributed by atoms with Crippen LogP contribution in [0.3, 0.4) is 0 Å². The van der Waals surface area contributed by atoms with Gasteiger partial charge in [0.15, 0.2) is 0 Å². The molecular weight excluding hydrogens is 96.4 g/mol. The zero-order chi connectivity index (χ0) is 4.12. The normalized spacial score (nSPS) is 6.00. The van der Waals surface area contributed by atoms with E-state index in [-0.39, 0.29) is 30.5 Å². The molecule has 0 aromatic heterocycles. The molecule has 0 aliphatic heterocycles. The molecule has 0 N–H and O–H groups in total. The Labute approximate surface area is 63.8 Å². The zero-order valence-electron chi connectivity index (χ0n) is 5.54. The van der Waals surface area contributed by atoms with Gasteiger partial charge in [-0.2, -0.15) is 6.42 Å². The molecule has 0 aliphatic carbocycles. The van der Waals surface area contributed by atoms with E-state index in [9.17, 15) is 0 Å². The fraction of sp³-hybridized carbons (Fsp3) is 0.667. The Kier molecular flexibility index (Phi) is 35.5. The second kappa shape index (κ2) is 15.9. The molecule has 0 fully saturated rings. The van der Waals surface area contributed by atoms with Crippen LogP contribution >= 0.6 is 0 Å². The number of rotatable bonds is 2. The molecule has 40 valence electrons. The molecule has 0 amide bonds. The molecule has 0 saturated heterocycles. The Morgan fingerprint density at radius 2 is 1.86 bits per heavy atom. The monoisotopic (exact) mass is 110 g/mol. The van der Waals surface area contributed by atoms with Crippen molar-refractivity contribution in [3.8, 4) is 0 Å². The number of hydrogen-bond acceptors (Lipinski definition) is 0. The quantitative estimate of drug-likeness (QED) is 0.377. The third kappa shape index (κ3) is 20.1. The Balaban J connectivity index is -0.0000000800. The molecule has 0 bridgehead atoms. The van der Waals surface area contributed by atoms with Crippen LogP contribution in [0.1, 0.15) is 26.2 Å². The number of unbranched alkanes of at least 4 members (excludes halogenated alkanes) is 2. The molecule has 0 unspecified atom stereocenters. The Morgan fingerprint density at radius 1 is 1.43 bits per heavy atom. The van der Waals surface area contributed by atoms with E-state index >= 15 is 0 Å². The average Bonchev–Trinajstić information content (AvgIpc) is 1.41. The Bertz CT molecular complexity index is 11.7. The fourth-order valence-electron chi connectivity index (χ4n) is 0.250. The molecule has 1 heteroatoms. The molecule has 0 spiro atoms. The Hall–Kier alpha value is 0.766. The first kappa shape index (κ1) is 15.7. The summed E-state index contributed by atoms with van der Waals surface area (Å²) in [6, 6.07) is 0. The van der Waals surface area contributed by atoms with Crippen molar-refractivity contribution in [2.45, 2.75) is 26.2 Å². The number of hydrogen-bond donors (Lipinski definition) is 0. The summed E-state index contributed by atoms with van der Waals surface area (Å²) in [4.78, 5) is 0. The van der Waals surface area contributed by atoms with Crippen LogP contribution in [0.25, 0.3) is 0 Å². The molecule has 0 radical (unpaired) electrons. The molecule has 7 heavy (non-hydrogen) atoms. The third-order valence-corrected chi connectivity index (χ3v) is 0.604. The van der Waals surface area contributed by atoms with Crippen LogP contribution in [0, 0.1) is 14.4 Å². The van der Waals surface area contributed by atoms with Crippen molar-refractivity contribution < 1.29 is 0 Å². The van der Waals surface area contributed by atoms with E-state index in [0.717, 1.165) is 6.42 Å². The smallest absolute Gasteiger partial charge is 0.358 e. The van der Waals surface area contributed by atoms with E-state index in [1.165, 1.54) is 12.8 Å². The van der Waals surface area contributed by atoms with E-state index in [2.05, 4.69) is 13.8 Å². The summed E-state index contributed by atoms with van der Waals surface area (Å²) in [6.07, 6.45) is 3.65. The average molecular weight is 110 g/mol. The van der Waals surface area contributed by atoms with Crippen molar-refractivity contribution in [2.75, 3.05) is 0 Å². The summed E-state index contributed by atoms with van der Waals surface area (Å²) in [5.41, 5.74) is 0. The SMILES string of the molecule is [CH2-]CCCC.[CH3-].[Mg+2]. The first-order chi connectivity index (χ1) is 2.41. The maximum absolute atomic E-state index is 3.68. The molecular formula is C6H14Mg. The summed E-state index contributed by atoms with van der Waals surface area (Å²) >= 11 is 0. The summed E-state index contributed by atoms with van der Waals surface area (Å²) in [5.74, 6) is 0. The maximum Gasteiger partial charge on any atom is 2.00 e. The van der Waals surface area contributed by atoms with Crippen LogP contribution in [0.5, 0.6) is 0 Å². The van der Waals surface area contributed by atoms with E-state index < -0.39 is 0 Å². The predicted octanol–water partition coefficient (Wildman–Crippen LogP) is 2.08. The maximum atomic E-state index is 3.68. The zero-order valence-corrected chi connectivity index (χ0v) is 6.95. The van der Waals surface area contributed by atoms with Gasteiger partial charge in [0.2, 0.25) is 0 Å². The predicted molar refractivity (Wildman–Crippen MR) is 37.0 cm³/mol. The van der Waals surface area contributed by atoms with Gasteiger partial charge in [0.25, 0.3) is 0 Å². The molecule has 0 rings (SSSR count). The minimum atomic E-state index is 0. The topological polar surface area (TPSA) is 0 Å². The van der Waals surface area contributed by atoms with Crippen LogP contribution in [0.15, 0.2) is 0 Å². The minimum absolute atomic E-state index is 0. The van der Waals surface area contributed by atoms with Crippen molar-refractivity contribution in [3.63, 3.8) is 0 Å². The van der Waals surface area contributed by atoms with Gasteiger partial charge < -0.3 is 14.4 Å². The molecule has 0 heterocycles. The van der Waals surface area contributed by atoms with Gasteiger partial charge in [0.1, 0.15) is 0 Å². The second-order valence-electron chi connectivity index (χ2n) is 1.21. The summed E-state index contributed by atoms with van der Waals surface area (Å²) < 4.78 is 0. The van der Waals surface area contributed by atoms with E-state index in [1.54, 1.807) is 0 Å². The molecule has 0 atom stereocenters. The molecule has 0 nitrogen and oxygen atoms in total. The minimum Gasteiger partial charge on any atom is -0.358 e. The first-order valence-corrected chi connectivity index (χ1v) is 2.21. The third-order valence-electron chi connectivity index (χ3n) is 0.604. The van der Waals surface area contributed by atoms with E-state index in [0.29, 0.717) is 0 Å². The van der Waals surface area contributed by atoms with Crippen molar-refractivity contribution in [2.24, 2.45) is 0 Å². The molecule has 0 aliphatic rings. The van der Waals surface area contributed by atoms with Crippen LogP contribution in [0.2, 0.25) is 0 Å². The molecule has 0 saturated carbocycles. The van der Waals surface area contributed by atoms with Crippen molar-refractivity contribution in [1.29, 1.82) is 0 Å². The van der Waals surface area contributed by atoms with E-state index in [1.807, 2.05) is 0 Å². The Morgan fingerprint density at radius 3 is 1.86 bits per heavy atom. The van der Waals surface area contributed by atoms with Crippen molar-refractivity contribution in [3.05, 3.63) is 14.4 Å². The van der Waals surface area contributed by atoms with Crippen LogP contribution in [-0.2, 0) is 0 Å². The summed E-state index contributed by atoms with van der Waals surface area (Å²) in [5, 5.41) is 0. The molecule has 0 aromatic carbocycles. The second-order valence-corrected chi connectivity index (χ2v) is 1.21. The van der Waals surface area contributed by atoms with Gasteiger partial charge in [-0.15, -0.1) is 0 Å². The van der Waals surface area contributed by atoms with Crippen molar-refractivity contribution >= 4 is 23.1 Å². The fourth-order valence-corrected chi connectivity index (χ4v) is 0.250. The van der Waals surface area contributed by atoms with Gasteiger partial charge in [-0.3, -0.25) is 0 Å². The first-order valence-electron chi connectivity index (χ1n) is 2.21. The van der Waals surface area contributed by atoms with Gasteiger partial charge in [-0.05, 0) is 0 Å². The molecule has 0 aromatic rings. The largest absolute Gasteiger partial charge is 2.00 e. The standard InChI is InChI=1S/C5H11.CH3.Mg/c1-3-5-4-2;;/h1,3-5H2,2H3;1H3;/q2*-1;+2. The van der Waals surface area contributed by atoms with Gasteiger partial charge in [0, 0.05) is 0 Å². The van der Waals surface area contributed by atoms with Gasteiger partial charge in [-0.25, -0.2) is 0 Å². The van der Waals surface area contributed by atoms with Crippen LogP contribution < -0.4 is 0 Å². The van der Waals surface area contributed by atoms with Crippen LogP contribution in [0.4, 0.5) is 0 Å².